The average Bonchev–Trinajstić information content (AvgIpc) is 3.02. The molecule has 3 aromatic rings. The lowest BCUT2D eigenvalue weighted by atomic mass is 9.97. The molecule has 0 saturated carbocycles. The SMILES string of the molecule is Cc1nc(SCC(=O)Nc2nc(C)c(Cl)cc2Cl)c2c3c(sc2n1)CCCC3. The van der Waals surface area contributed by atoms with Gasteiger partial charge < -0.3 is 5.32 Å². The minimum Gasteiger partial charge on any atom is -0.309 e. The van der Waals surface area contributed by atoms with Crippen molar-refractivity contribution >= 4 is 68.2 Å². The lowest BCUT2D eigenvalue weighted by Crippen LogP contribution is -2.16. The van der Waals surface area contributed by atoms with Crippen LogP contribution in [0.5, 0.6) is 0 Å². The maximum absolute atomic E-state index is 12.5. The quantitative estimate of drug-likeness (QED) is 0.410. The van der Waals surface area contributed by atoms with Crippen molar-refractivity contribution < 1.29 is 4.79 Å². The molecule has 0 bridgehead atoms. The summed E-state index contributed by atoms with van der Waals surface area (Å²) in [5.74, 6) is 1.09. The van der Waals surface area contributed by atoms with Crippen molar-refractivity contribution in [2.45, 2.75) is 44.6 Å². The molecule has 4 rings (SSSR count). The number of aromatic nitrogens is 3. The summed E-state index contributed by atoms with van der Waals surface area (Å²) < 4.78 is 0. The molecule has 0 fully saturated rings. The zero-order valence-electron chi connectivity index (χ0n) is 15.4. The molecule has 0 saturated heterocycles. The number of carbonyl (C=O) groups excluding carboxylic acids is 1. The molecular weight excluding hydrogens is 435 g/mol. The first-order valence-corrected chi connectivity index (χ1v) is 11.5. The lowest BCUT2D eigenvalue weighted by Gasteiger charge is -2.12. The number of halogens is 2. The van der Waals surface area contributed by atoms with Gasteiger partial charge in [0.05, 0.1) is 21.5 Å². The first kappa shape index (κ1) is 19.9. The maximum atomic E-state index is 12.5. The molecule has 0 unspecified atom stereocenters. The smallest absolute Gasteiger partial charge is 0.235 e. The molecule has 28 heavy (non-hydrogen) atoms. The van der Waals surface area contributed by atoms with Crippen LogP contribution in [0.1, 0.15) is 34.8 Å². The van der Waals surface area contributed by atoms with E-state index in [0.717, 1.165) is 33.9 Å². The first-order valence-electron chi connectivity index (χ1n) is 8.96. The summed E-state index contributed by atoms with van der Waals surface area (Å²) in [6.45, 7) is 3.66. The second kappa shape index (κ2) is 8.14. The van der Waals surface area contributed by atoms with Crippen molar-refractivity contribution in [3.05, 3.63) is 38.1 Å². The topological polar surface area (TPSA) is 67.8 Å². The molecule has 0 radical (unpaired) electrons. The van der Waals surface area contributed by atoms with Crippen molar-refractivity contribution in [3.63, 3.8) is 0 Å². The van der Waals surface area contributed by atoms with Gasteiger partial charge in [-0.15, -0.1) is 11.3 Å². The van der Waals surface area contributed by atoms with E-state index in [9.17, 15) is 4.79 Å². The zero-order chi connectivity index (χ0) is 19.8. The highest BCUT2D eigenvalue weighted by atomic mass is 35.5. The number of pyridine rings is 1. The van der Waals surface area contributed by atoms with Gasteiger partial charge in [-0.2, -0.15) is 0 Å². The van der Waals surface area contributed by atoms with Crippen molar-refractivity contribution in [2.24, 2.45) is 0 Å². The molecule has 0 aliphatic heterocycles. The minimum absolute atomic E-state index is 0.186. The average molecular weight is 453 g/mol. The third-order valence-corrected chi connectivity index (χ3v) is 7.43. The highest BCUT2D eigenvalue weighted by Crippen LogP contribution is 2.39. The number of nitrogens with one attached hydrogen (secondary N) is 1. The monoisotopic (exact) mass is 452 g/mol. The van der Waals surface area contributed by atoms with Crippen LogP contribution in [0, 0.1) is 13.8 Å². The second-order valence-electron chi connectivity index (χ2n) is 6.69. The number of fused-ring (bicyclic) bond motifs is 3. The normalized spacial score (nSPS) is 13.6. The van der Waals surface area contributed by atoms with Crippen LogP contribution in [0.2, 0.25) is 10.0 Å². The second-order valence-corrected chi connectivity index (χ2v) is 9.55. The van der Waals surface area contributed by atoms with Crippen molar-refractivity contribution in [1.82, 2.24) is 15.0 Å². The minimum atomic E-state index is -0.186. The Kier molecular flexibility index (Phi) is 5.78. The van der Waals surface area contributed by atoms with Crippen LogP contribution in [0.15, 0.2) is 11.1 Å². The summed E-state index contributed by atoms with van der Waals surface area (Å²) in [6, 6.07) is 1.59. The van der Waals surface area contributed by atoms with E-state index in [1.54, 1.807) is 24.3 Å². The van der Waals surface area contributed by atoms with Crippen LogP contribution in [0.4, 0.5) is 5.82 Å². The first-order chi connectivity index (χ1) is 13.4. The molecule has 3 aromatic heterocycles. The fourth-order valence-corrected chi connectivity index (χ4v) is 5.96. The van der Waals surface area contributed by atoms with Gasteiger partial charge in [-0.05, 0) is 51.2 Å². The van der Waals surface area contributed by atoms with Crippen molar-refractivity contribution in [2.75, 3.05) is 11.1 Å². The van der Waals surface area contributed by atoms with Crippen LogP contribution in [0.25, 0.3) is 10.2 Å². The number of aryl methyl sites for hydroxylation is 4. The number of rotatable bonds is 4. The largest absolute Gasteiger partial charge is 0.309 e. The summed E-state index contributed by atoms with van der Waals surface area (Å²) in [6.07, 6.45) is 4.59. The van der Waals surface area contributed by atoms with Crippen molar-refractivity contribution in [1.29, 1.82) is 0 Å². The maximum Gasteiger partial charge on any atom is 0.235 e. The molecule has 0 aromatic carbocycles. The Labute approximate surface area is 181 Å². The zero-order valence-corrected chi connectivity index (χ0v) is 18.6. The number of nitrogens with zero attached hydrogens (tertiary/aromatic N) is 3. The van der Waals surface area contributed by atoms with E-state index >= 15 is 0 Å². The Hall–Kier alpha value is -1.41. The number of hydrogen-bond acceptors (Lipinski definition) is 6. The van der Waals surface area contributed by atoms with Gasteiger partial charge in [0.2, 0.25) is 5.91 Å². The fraction of sp³-hybridized carbons (Fsp3) is 0.368. The van der Waals surface area contributed by atoms with Gasteiger partial charge in [-0.3, -0.25) is 4.79 Å². The van der Waals surface area contributed by atoms with E-state index in [0.29, 0.717) is 21.6 Å². The van der Waals surface area contributed by atoms with E-state index in [-0.39, 0.29) is 11.7 Å². The van der Waals surface area contributed by atoms with Gasteiger partial charge >= 0.3 is 0 Å². The van der Waals surface area contributed by atoms with Gasteiger partial charge in [0.15, 0.2) is 5.82 Å². The molecule has 9 heteroatoms. The molecule has 3 heterocycles. The van der Waals surface area contributed by atoms with E-state index in [1.807, 2.05) is 6.92 Å². The van der Waals surface area contributed by atoms with Crippen LogP contribution in [-0.2, 0) is 17.6 Å². The Morgan fingerprint density at radius 2 is 1.96 bits per heavy atom. The molecule has 1 aliphatic carbocycles. The predicted molar refractivity (Wildman–Crippen MR) is 117 cm³/mol. The Bertz CT molecular complexity index is 1080. The summed E-state index contributed by atoms with van der Waals surface area (Å²) >= 11 is 15.3. The van der Waals surface area contributed by atoms with E-state index in [2.05, 4.69) is 20.3 Å². The molecule has 146 valence electrons. The molecule has 1 aliphatic rings. The molecule has 1 N–H and O–H groups in total. The molecule has 1 amide bonds. The molecule has 0 spiro atoms. The van der Waals surface area contributed by atoms with Crippen LogP contribution < -0.4 is 5.32 Å². The number of hydrogen-bond donors (Lipinski definition) is 1. The summed E-state index contributed by atoms with van der Waals surface area (Å²) in [5.41, 5.74) is 1.99. The van der Waals surface area contributed by atoms with Crippen LogP contribution in [0.3, 0.4) is 0 Å². The summed E-state index contributed by atoms with van der Waals surface area (Å²) in [4.78, 5) is 28.4. The number of thioether (sulfide) groups is 1. The van der Waals surface area contributed by atoms with Gasteiger partial charge in [0.1, 0.15) is 15.7 Å². The van der Waals surface area contributed by atoms with E-state index in [1.165, 1.54) is 35.0 Å². The number of anilines is 1. The number of thiophene rings is 1. The van der Waals surface area contributed by atoms with Gasteiger partial charge in [-0.25, -0.2) is 15.0 Å². The van der Waals surface area contributed by atoms with Crippen molar-refractivity contribution in [3.8, 4) is 0 Å². The van der Waals surface area contributed by atoms with E-state index < -0.39 is 0 Å². The molecule has 0 atom stereocenters. The molecular formula is C19H18Cl2N4OS2. The van der Waals surface area contributed by atoms with Gasteiger partial charge in [-0.1, -0.05) is 35.0 Å². The highest BCUT2D eigenvalue weighted by Gasteiger charge is 2.21. The van der Waals surface area contributed by atoms with E-state index in [4.69, 9.17) is 23.2 Å². The number of carbonyl (C=O) groups is 1. The van der Waals surface area contributed by atoms with Gasteiger partial charge in [0, 0.05) is 10.3 Å². The Balaban J connectivity index is 1.55. The number of amides is 1. The Morgan fingerprint density at radius 1 is 1.18 bits per heavy atom. The Morgan fingerprint density at radius 3 is 2.79 bits per heavy atom. The van der Waals surface area contributed by atoms with Gasteiger partial charge in [0.25, 0.3) is 0 Å². The third kappa shape index (κ3) is 3.99. The van der Waals surface area contributed by atoms with Crippen LogP contribution >= 0.6 is 46.3 Å². The lowest BCUT2D eigenvalue weighted by molar-refractivity contribution is -0.113. The van der Waals surface area contributed by atoms with Crippen LogP contribution in [-0.4, -0.2) is 26.6 Å². The third-order valence-electron chi connectivity index (χ3n) is 4.60. The summed E-state index contributed by atoms with van der Waals surface area (Å²) in [5, 5.41) is 5.56. The molecule has 5 nitrogen and oxygen atoms in total. The predicted octanol–water partition coefficient (Wildman–Crippen LogP) is 5.62. The highest BCUT2D eigenvalue weighted by molar-refractivity contribution is 8.00. The summed E-state index contributed by atoms with van der Waals surface area (Å²) in [7, 11) is 0. The fourth-order valence-electron chi connectivity index (χ4n) is 3.28. The standard InChI is InChI=1S/C19H18Cl2N4OS2/c1-9-12(20)7-13(21)17(22-9)25-15(26)8-27-18-16-11-5-3-4-6-14(11)28-19(16)24-10(2)23-18/h7H,3-6,8H2,1-2H3,(H,22,25,26).